The van der Waals surface area contributed by atoms with Crippen LogP contribution in [0.5, 0.6) is 0 Å². The van der Waals surface area contributed by atoms with Crippen LogP contribution in [0.2, 0.25) is 0 Å². The number of carboxylic acid groups (broad SMARTS) is 1. The highest BCUT2D eigenvalue weighted by atomic mass is 16.4. The number of aryl methyl sites for hydroxylation is 2. The normalized spacial score (nSPS) is 16.6. The number of hydrogen-bond donors (Lipinski definition) is 1. The van der Waals surface area contributed by atoms with Gasteiger partial charge >= 0.3 is 5.97 Å². The lowest BCUT2D eigenvalue weighted by Gasteiger charge is -2.42. The van der Waals surface area contributed by atoms with Crippen LogP contribution >= 0.6 is 0 Å². The van der Waals surface area contributed by atoms with Gasteiger partial charge in [-0.2, -0.15) is 4.80 Å². The Bertz CT molecular complexity index is 1160. The molecule has 4 rings (SSSR count). The first kappa shape index (κ1) is 22.9. The number of carboxylic acids is 1. The van der Waals surface area contributed by atoms with Crippen molar-refractivity contribution in [1.29, 1.82) is 0 Å². The van der Waals surface area contributed by atoms with E-state index < -0.39 is 5.97 Å². The Morgan fingerprint density at radius 3 is 2.30 bits per heavy atom. The van der Waals surface area contributed by atoms with Crippen molar-refractivity contribution in [3.05, 3.63) is 76.1 Å². The van der Waals surface area contributed by atoms with Gasteiger partial charge in [0.25, 0.3) is 0 Å². The lowest BCUT2D eigenvalue weighted by atomic mass is 9.62. The van der Waals surface area contributed by atoms with E-state index in [0.29, 0.717) is 5.56 Å². The lowest BCUT2D eigenvalue weighted by molar-refractivity contribution is 0.0697. The first-order chi connectivity index (χ1) is 15.7. The smallest absolute Gasteiger partial charge is 0.335 e. The number of fused-ring (bicyclic) bond motifs is 1. The Morgan fingerprint density at radius 2 is 1.70 bits per heavy atom. The molecule has 0 saturated heterocycles. The van der Waals surface area contributed by atoms with Gasteiger partial charge in [0.05, 0.1) is 12.1 Å². The summed E-state index contributed by atoms with van der Waals surface area (Å²) in [5.41, 5.74) is 6.99. The van der Waals surface area contributed by atoms with Gasteiger partial charge in [0.1, 0.15) is 0 Å². The molecule has 0 atom stereocenters. The number of hydrogen-bond acceptors (Lipinski definition) is 4. The predicted octanol–water partition coefficient (Wildman–Crippen LogP) is 5.52. The summed E-state index contributed by atoms with van der Waals surface area (Å²) in [5.74, 6) is -0.908. The summed E-state index contributed by atoms with van der Waals surface area (Å²) in [4.78, 5) is 12.8. The second kappa shape index (κ2) is 8.93. The third kappa shape index (κ3) is 5.05. The number of benzene rings is 2. The van der Waals surface area contributed by atoms with Gasteiger partial charge in [-0.3, -0.25) is 0 Å². The van der Waals surface area contributed by atoms with Crippen molar-refractivity contribution in [3.63, 3.8) is 0 Å². The van der Waals surface area contributed by atoms with Crippen molar-refractivity contribution >= 4 is 18.1 Å². The zero-order chi connectivity index (χ0) is 23.6. The largest absolute Gasteiger partial charge is 0.478 e. The molecule has 0 amide bonds. The SMILES string of the molecule is CC1(C)CCC(C)(C)c2cc(CCCn3ncnn3)c(/C=C/c3ccc(C(=O)O)cc3)cc21. The summed E-state index contributed by atoms with van der Waals surface area (Å²) in [6, 6.07) is 11.8. The fourth-order valence-corrected chi connectivity index (χ4v) is 4.67. The third-order valence-electron chi connectivity index (χ3n) is 6.92. The predicted molar refractivity (Wildman–Crippen MR) is 130 cm³/mol. The number of carbonyl (C=O) groups is 1. The van der Waals surface area contributed by atoms with Gasteiger partial charge in [0, 0.05) is 0 Å². The summed E-state index contributed by atoms with van der Waals surface area (Å²) in [5, 5.41) is 21.0. The standard InChI is InChI=1S/C27H32N4O2/c1-26(2)13-14-27(3,4)24-17-22(12-9-19-7-10-20(11-8-19)25(32)33)21(16-23(24)26)6-5-15-31-29-18-28-30-31/h7-12,16-18H,5-6,13-15H2,1-4H3,(H,32,33)/b12-9+. The van der Waals surface area contributed by atoms with Crippen LogP contribution in [0.25, 0.3) is 12.2 Å². The van der Waals surface area contributed by atoms with Crippen LogP contribution in [0.1, 0.15) is 85.1 Å². The van der Waals surface area contributed by atoms with Crippen LogP contribution in [-0.4, -0.2) is 31.3 Å². The topological polar surface area (TPSA) is 80.9 Å². The van der Waals surface area contributed by atoms with E-state index in [1.54, 1.807) is 16.9 Å². The molecular weight excluding hydrogens is 412 g/mol. The van der Waals surface area contributed by atoms with Crippen molar-refractivity contribution in [2.75, 3.05) is 0 Å². The minimum atomic E-state index is -0.908. The zero-order valence-electron chi connectivity index (χ0n) is 19.9. The molecule has 172 valence electrons. The summed E-state index contributed by atoms with van der Waals surface area (Å²) < 4.78 is 0. The minimum Gasteiger partial charge on any atom is -0.478 e. The Kier molecular flexibility index (Phi) is 6.19. The van der Waals surface area contributed by atoms with Gasteiger partial charge in [-0.05, 0) is 81.7 Å². The summed E-state index contributed by atoms with van der Waals surface area (Å²) in [6.45, 7) is 10.1. The number of rotatable bonds is 7. The van der Waals surface area contributed by atoms with E-state index in [1.165, 1.54) is 41.4 Å². The van der Waals surface area contributed by atoms with Gasteiger partial charge in [0.15, 0.2) is 6.33 Å². The van der Waals surface area contributed by atoms with Crippen molar-refractivity contribution in [2.45, 2.75) is 70.8 Å². The molecular formula is C27H32N4O2. The van der Waals surface area contributed by atoms with E-state index in [2.05, 4.69) is 67.4 Å². The monoisotopic (exact) mass is 444 g/mol. The highest BCUT2D eigenvalue weighted by Crippen LogP contribution is 2.46. The minimum absolute atomic E-state index is 0.139. The van der Waals surface area contributed by atoms with Gasteiger partial charge in [-0.25, -0.2) is 4.79 Å². The van der Waals surface area contributed by atoms with Crippen molar-refractivity contribution in [3.8, 4) is 0 Å². The number of aromatic carboxylic acids is 1. The number of tetrazole rings is 1. The van der Waals surface area contributed by atoms with E-state index in [-0.39, 0.29) is 10.8 Å². The second-order valence-electron chi connectivity index (χ2n) is 10.3. The van der Waals surface area contributed by atoms with Crippen molar-refractivity contribution in [2.24, 2.45) is 0 Å². The van der Waals surface area contributed by atoms with E-state index in [0.717, 1.165) is 24.9 Å². The van der Waals surface area contributed by atoms with Crippen LogP contribution in [0.15, 0.2) is 42.7 Å². The molecule has 1 aliphatic rings. The van der Waals surface area contributed by atoms with Crippen LogP contribution in [0, 0.1) is 0 Å². The molecule has 0 fully saturated rings. The lowest BCUT2D eigenvalue weighted by Crippen LogP contribution is -2.34. The maximum atomic E-state index is 11.1. The van der Waals surface area contributed by atoms with Crippen LogP contribution in [-0.2, 0) is 23.8 Å². The van der Waals surface area contributed by atoms with Gasteiger partial charge < -0.3 is 5.11 Å². The molecule has 0 aliphatic heterocycles. The van der Waals surface area contributed by atoms with E-state index in [1.807, 2.05) is 12.1 Å². The van der Waals surface area contributed by atoms with Crippen LogP contribution < -0.4 is 0 Å². The quantitative estimate of drug-likeness (QED) is 0.485. The summed E-state index contributed by atoms with van der Waals surface area (Å²) in [7, 11) is 0. The first-order valence-corrected chi connectivity index (χ1v) is 11.6. The summed E-state index contributed by atoms with van der Waals surface area (Å²) in [6.07, 6.45) is 9.89. The molecule has 1 aliphatic carbocycles. The molecule has 0 radical (unpaired) electrons. The Labute approximate surface area is 195 Å². The molecule has 0 bridgehead atoms. The Morgan fingerprint density at radius 1 is 1.03 bits per heavy atom. The molecule has 33 heavy (non-hydrogen) atoms. The Balaban J connectivity index is 1.68. The molecule has 0 saturated carbocycles. The van der Waals surface area contributed by atoms with Crippen LogP contribution in [0.4, 0.5) is 0 Å². The Hall–Kier alpha value is -3.28. The molecule has 3 aromatic rings. The second-order valence-corrected chi connectivity index (χ2v) is 10.3. The van der Waals surface area contributed by atoms with Crippen LogP contribution in [0.3, 0.4) is 0 Å². The fourth-order valence-electron chi connectivity index (χ4n) is 4.67. The average Bonchev–Trinajstić information content (AvgIpc) is 3.29. The summed E-state index contributed by atoms with van der Waals surface area (Å²) >= 11 is 0. The molecule has 1 heterocycles. The average molecular weight is 445 g/mol. The molecule has 6 heteroatoms. The van der Waals surface area contributed by atoms with E-state index in [9.17, 15) is 4.79 Å². The highest BCUT2D eigenvalue weighted by molar-refractivity contribution is 5.88. The molecule has 6 nitrogen and oxygen atoms in total. The van der Waals surface area contributed by atoms with Gasteiger partial charge in [-0.1, -0.05) is 64.1 Å². The zero-order valence-corrected chi connectivity index (χ0v) is 19.9. The number of aromatic nitrogens is 4. The van der Waals surface area contributed by atoms with Gasteiger partial charge in [-0.15, -0.1) is 10.2 Å². The maximum Gasteiger partial charge on any atom is 0.335 e. The first-order valence-electron chi connectivity index (χ1n) is 11.6. The molecule has 0 spiro atoms. The van der Waals surface area contributed by atoms with Crippen molar-refractivity contribution in [1.82, 2.24) is 20.2 Å². The third-order valence-corrected chi connectivity index (χ3v) is 6.92. The molecule has 0 unspecified atom stereocenters. The van der Waals surface area contributed by atoms with Gasteiger partial charge in [0.2, 0.25) is 0 Å². The highest BCUT2D eigenvalue weighted by Gasteiger charge is 2.37. The maximum absolute atomic E-state index is 11.1. The molecule has 1 N–H and O–H groups in total. The van der Waals surface area contributed by atoms with E-state index >= 15 is 0 Å². The number of nitrogens with zero attached hydrogens (tertiary/aromatic N) is 4. The van der Waals surface area contributed by atoms with E-state index in [4.69, 9.17) is 5.11 Å². The molecule has 1 aromatic heterocycles. The molecule has 2 aromatic carbocycles. The fraction of sp³-hybridized carbons (Fsp3) is 0.407. The van der Waals surface area contributed by atoms with Crippen molar-refractivity contribution < 1.29 is 9.90 Å².